The largest absolute Gasteiger partial charge is 0.465 e. The maximum atomic E-state index is 12.9. The number of carbonyl (C=O) groups excluding carboxylic acids is 2. The number of rotatable bonds is 5. The first-order valence-electron chi connectivity index (χ1n) is 8.76. The van der Waals surface area contributed by atoms with Crippen molar-refractivity contribution in [2.24, 2.45) is 0 Å². The lowest BCUT2D eigenvalue weighted by Gasteiger charge is -2.11. The molecule has 4 rings (SSSR count). The fraction of sp³-hybridized carbons (Fsp3) is 0.0909. The number of furan rings is 1. The lowest BCUT2D eigenvalue weighted by Crippen LogP contribution is -2.17. The predicted molar refractivity (Wildman–Crippen MR) is 105 cm³/mol. The number of aromatic nitrogens is 1. The third-order valence-corrected chi connectivity index (χ3v) is 4.50. The van der Waals surface area contributed by atoms with Crippen LogP contribution in [-0.4, -0.2) is 23.6 Å². The van der Waals surface area contributed by atoms with E-state index < -0.39 is 5.97 Å². The van der Waals surface area contributed by atoms with Crippen molar-refractivity contribution in [1.29, 1.82) is 0 Å². The summed E-state index contributed by atoms with van der Waals surface area (Å²) in [7, 11) is 1.33. The van der Waals surface area contributed by atoms with Crippen LogP contribution in [0.1, 0.15) is 26.4 Å². The maximum Gasteiger partial charge on any atom is 0.337 e. The van der Waals surface area contributed by atoms with Crippen LogP contribution >= 0.6 is 0 Å². The van der Waals surface area contributed by atoms with Crippen molar-refractivity contribution in [3.63, 3.8) is 0 Å². The number of methoxy groups -OCH3 is 1. The second kappa shape index (κ2) is 7.44. The van der Waals surface area contributed by atoms with E-state index in [0.717, 1.165) is 11.1 Å². The van der Waals surface area contributed by atoms with Crippen molar-refractivity contribution in [2.45, 2.75) is 6.54 Å². The van der Waals surface area contributed by atoms with Crippen LogP contribution in [0.25, 0.3) is 11.1 Å². The Morgan fingerprint density at radius 1 is 1.04 bits per heavy atom. The number of carbonyl (C=O) groups is 2. The molecule has 2 heterocycles. The lowest BCUT2D eigenvalue weighted by molar-refractivity contribution is 0.0600. The number of nitrogens with one attached hydrogen (secondary N) is 1. The molecular weight excluding hydrogens is 356 g/mol. The zero-order valence-corrected chi connectivity index (χ0v) is 15.2. The van der Waals surface area contributed by atoms with Gasteiger partial charge in [0, 0.05) is 24.4 Å². The molecule has 4 aromatic rings. The van der Waals surface area contributed by atoms with Gasteiger partial charge < -0.3 is 19.0 Å². The fourth-order valence-electron chi connectivity index (χ4n) is 3.10. The van der Waals surface area contributed by atoms with Gasteiger partial charge >= 0.3 is 5.97 Å². The lowest BCUT2D eigenvalue weighted by atomic mass is 10.2. The van der Waals surface area contributed by atoms with Gasteiger partial charge in [0.25, 0.3) is 5.91 Å². The number of anilines is 1. The molecule has 0 radical (unpaired) electrons. The molecule has 0 atom stereocenters. The van der Waals surface area contributed by atoms with E-state index in [4.69, 9.17) is 4.42 Å². The molecule has 28 heavy (non-hydrogen) atoms. The molecule has 0 spiro atoms. The molecule has 0 aliphatic carbocycles. The van der Waals surface area contributed by atoms with E-state index in [1.165, 1.54) is 7.11 Å². The summed E-state index contributed by atoms with van der Waals surface area (Å²) < 4.78 is 12.1. The Bertz CT molecular complexity index is 1120. The molecule has 1 amide bonds. The number of nitrogens with zero attached hydrogens (tertiary/aromatic N) is 1. The summed E-state index contributed by atoms with van der Waals surface area (Å²) in [6.07, 6.45) is 1.61. The minimum atomic E-state index is -0.421. The monoisotopic (exact) mass is 374 g/mol. The fourth-order valence-corrected chi connectivity index (χ4v) is 3.10. The van der Waals surface area contributed by atoms with Crippen molar-refractivity contribution in [1.82, 2.24) is 4.57 Å². The van der Waals surface area contributed by atoms with E-state index in [9.17, 15) is 9.59 Å². The second-order valence-corrected chi connectivity index (χ2v) is 6.29. The summed E-state index contributed by atoms with van der Waals surface area (Å²) in [5, 5.41) is 2.87. The minimum Gasteiger partial charge on any atom is -0.465 e. The van der Waals surface area contributed by atoms with Gasteiger partial charge in [-0.1, -0.05) is 30.3 Å². The molecule has 0 unspecified atom stereocenters. The molecule has 0 saturated heterocycles. The van der Waals surface area contributed by atoms with Gasteiger partial charge in [-0.25, -0.2) is 4.79 Å². The molecule has 1 N–H and O–H groups in total. The van der Waals surface area contributed by atoms with E-state index in [0.29, 0.717) is 29.1 Å². The Hall–Kier alpha value is -3.80. The van der Waals surface area contributed by atoms with Gasteiger partial charge in [0.2, 0.25) is 0 Å². The average molecular weight is 374 g/mol. The molecule has 0 fully saturated rings. The summed E-state index contributed by atoms with van der Waals surface area (Å²) in [6.45, 7) is 0.550. The van der Waals surface area contributed by atoms with Crippen molar-refractivity contribution in [3.8, 4) is 0 Å². The highest BCUT2D eigenvalue weighted by molar-refractivity contribution is 6.06. The number of hydrogen-bond donors (Lipinski definition) is 1. The molecule has 2 aromatic heterocycles. The maximum absolute atomic E-state index is 12.9. The standard InChI is InChI=1S/C22H18N2O4/c1-27-22(26)16-7-9-17(10-8-16)23-21(25)19-13-20-18(11-12-28-20)24(19)14-15-5-3-2-4-6-15/h2-13H,14H2,1H3,(H,23,25). The highest BCUT2D eigenvalue weighted by Crippen LogP contribution is 2.23. The number of amides is 1. The molecule has 6 nitrogen and oxygen atoms in total. The van der Waals surface area contributed by atoms with Gasteiger partial charge in [0.15, 0.2) is 5.58 Å². The van der Waals surface area contributed by atoms with Gasteiger partial charge in [-0.15, -0.1) is 0 Å². The highest BCUT2D eigenvalue weighted by Gasteiger charge is 2.18. The van der Waals surface area contributed by atoms with Crippen molar-refractivity contribution in [3.05, 3.63) is 89.8 Å². The summed E-state index contributed by atoms with van der Waals surface area (Å²) in [6, 6.07) is 20.0. The average Bonchev–Trinajstić information content (AvgIpc) is 3.31. The summed E-state index contributed by atoms with van der Waals surface area (Å²) >= 11 is 0. The van der Waals surface area contributed by atoms with E-state index in [-0.39, 0.29) is 5.91 Å². The topological polar surface area (TPSA) is 73.5 Å². The van der Waals surface area contributed by atoms with Gasteiger partial charge in [-0.2, -0.15) is 0 Å². The van der Waals surface area contributed by atoms with Crippen molar-refractivity contribution in [2.75, 3.05) is 12.4 Å². The summed E-state index contributed by atoms with van der Waals surface area (Å²) in [5.41, 5.74) is 4.09. The molecule has 0 saturated carbocycles. The van der Waals surface area contributed by atoms with Crippen LogP contribution < -0.4 is 5.32 Å². The molecule has 2 aromatic carbocycles. The Morgan fingerprint density at radius 2 is 1.79 bits per heavy atom. The normalized spacial score (nSPS) is 10.8. The number of benzene rings is 2. The van der Waals surface area contributed by atoms with E-state index in [2.05, 4.69) is 10.1 Å². The molecule has 0 bridgehead atoms. The Balaban J connectivity index is 1.61. The third kappa shape index (κ3) is 3.40. The number of fused-ring (bicyclic) bond motifs is 1. The van der Waals surface area contributed by atoms with Gasteiger partial charge in [-0.05, 0) is 29.8 Å². The third-order valence-electron chi connectivity index (χ3n) is 4.50. The van der Waals surface area contributed by atoms with Crippen LogP contribution in [-0.2, 0) is 11.3 Å². The van der Waals surface area contributed by atoms with Gasteiger partial charge in [0.05, 0.1) is 24.5 Å². The number of ether oxygens (including phenoxy) is 1. The molecule has 6 heteroatoms. The zero-order chi connectivity index (χ0) is 19.5. The molecule has 0 aliphatic rings. The van der Waals surface area contributed by atoms with Crippen LogP contribution in [0.2, 0.25) is 0 Å². The van der Waals surface area contributed by atoms with Crippen molar-refractivity contribution < 1.29 is 18.7 Å². The van der Waals surface area contributed by atoms with Crippen LogP contribution in [0.3, 0.4) is 0 Å². The predicted octanol–water partition coefficient (Wildman–Crippen LogP) is 4.32. The van der Waals surface area contributed by atoms with Crippen LogP contribution in [0.15, 0.2) is 77.4 Å². The van der Waals surface area contributed by atoms with Gasteiger partial charge in [-0.3, -0.25) is 4.79 Å². The Labute approximate surface area is 161 Å². The Kier molecular flexibility index (Phi) is 4.68. The summed E-state index contributed by atoms with van der Waals surface area (Å²) in [4.78, 5) is 24.4. The number of esters is 1. The van der Waals surface area contributed by atoms with Crippen LogP contribution in [0, 0.1) is 0 Å². The van der Waals surface area contributed by atoms with Crippen molar-refractivity contribution >= 4 is 28.7 Å². The first-order valence-corrected chi connectivity index (χ1v) is 8.76. The van der Waals surface area contributed by atoms with Crippen LogP contribution in [0.4, 0.5) is 5.69 Å². The van der Waals surface area contributed by atoms with E-state index in [1.54, 1.807) is 36.6 Å². The quantitative estimate of drug-likeness (QED) is 0.528. The number of hydrogen-bond acceptors (Lipinski definition) is 4. The zero-order valence-electron chi connectivity index (χ0n) is 15.2. The smallest absolute Gasteiger partial charge is 0.337 e. The second-order valence-electron chi connectivity index (χ2n) is 6.29. The first-order chi connectivity index (χ1) is 13.7. The molecule has 140 valence electrons. The van der Waals surface area contributed by atoms with E-state index in [1.807, 2.05) is 41.0 Å². The van der Waals surface area contributed by atoms with Gasteiger partial charge in [0.1, 0.15) is 5.69 Å². The first kappa shape index (κ1) is 17.6. The summed E-state index contributed by atoms with van der Waals surface area (Å²) in [5.74, 6) is -0.678. The Morgan fingerprint density at radius 3 is 2.50 bits per heavy atom. The molecular formula is C22H18N2O4. The van der Waals surface area contributed by atoms with Crippen LogP contribution in [0.5, 0.6) is 0 Å². The van der Waals surface area contributed by atoms with E-state index >= 15 is 0 Å². The minimum absolute atomic E-state index is 0.256. The SMILES string of the molecule is COC(=O)c1ccc(NC(=O)c2cc3occc3n2Cc2ccccc2)cc1. The molecule has 0 aliphatic heterocycles. The highest BCUT2D eigenvalue weighted by atomic mass is 16.5.